The highest BCUT2D eigenvalue weighted by Crippen LogP contribution is 2.31. The van der Waals surface area contributed by atoms with Crippen molar-refractivity contribution >= 4 is 23.3 Å². The summed E-state index contributed by atoms with van der Waals surface area (Å²) in [7, 11) is 0. The van der Waals surface area contributed by atoms with E-state index in [0.717, 1.165) is 16.9 Å². The molecule has 0 spiro atoms. The molecule has 0 fully saturated rings. The number of rotatable bonds is 3. The van der Waals surface area contributed by atoms with E-state index in [1.807, 2.05) is 6.92 Å². The number of carbonyl (C=O) groups excluding carboxylic acids is 2. The first kappa shape index (κ1) is 12.3. The van der Waals surface area contributed by atoms with Gasteiger partial charge >= 0.3 is 5.97 Å². The third kappa shape index (κ3) is 1.68. The topological polar surface area (TPSA) is 74.7 Å². The number of carboxylic acids is 1. The second-order valence-corrected chi connectivity index (χ2v) is 4.22. The molecule has 1 N–H and O–H groups in total. The normalized spacial score (nSPS) is 15.8. The lowest BCUT2D eigenvalue weighted by molar-refractivity contribution is -0.139. The van der Waals surface area contributed by atoms with Crippen molar-refractivity contribution in [1.29, 1.82) is 0 Å². The Hall–Kier alpha value is -2.17. The zero-order chi connectivity index (χ0) is 13.4. The summed E-state index contributed by atoms with van der Waals surface area (Å²) in [5.41, 5.74) is 1.63. The lowest BCUT2D eigenvalue weighted by Crippen LogP contribution is -2.42. The third-order valence-electron chi connectivity index (χ3n) is 3.13. The highest BCUT2D eigenvalue weighted by molar-refractivity contribution is 6.52. The van der Waals surface area contributed by atoms with Crippen molar-refractivity contribution in [3.8, 4) is 0 Å². The highest BCUT2D eigenvalue weighted by atomic mass is 16.4. The summed E-state index contributed by atoms with van der Waals surface area (Å²) in [4.78, 5) is 35.6. The van der Waals surface area contributed by atoms with Gasteiger partial charge in [0.05, 0.1) is 11.3 Å². The number of aliphatic carboxylic acids is 1. The van der Waals surface area contributed by atoms with Crippen LogP contribution in [0, 0.1) is 0 Å². The average molecular weight is 247 g/mol. The lowest BCUT2D eigenvalue weighted by Gasteiger charge is -2.20. The van der Waals surface area contributed by atoms with Gasteiger partial charge in [0.1, 0.15) is 6.04 Å². The van der Waals surface area contributed by atoms with Crippen molar-refractivity contribution in [2.24, 2.45) is 0 Å². The maximum absolute atomic E-state index is 11.8. The molecule has 5 nitrogen and oxygen atoms in total. The van der Waals surface area contributed by atoms with Crippen LogP contribution in [0.2, 0.25) is 0 Å². The molecule has 1 heterocycles. The zero-order valence-electron chi connectivity index (χ0n) is 10.1. The Kier molecular flexibility index (Phi) is 2.90. The van der Waals surface area contributed by atoms with E-state index >= 15 is 0 Å². The van der Waals surface area contributed by atoms with Gasteiger partial charge < -0.3 is 5.11 Å². The van der Waals surface area contributed by atoms with E-state index in [1.165, 1.54) is 6.92 Å². The molecule has 0 aromatic heterocycles. The Morgan fingerprint density at radius 1 is 1.39 bits per heavy atom. The van der Waals surface area contributed by atoms with Gasteiger partial charge in [-0.15, -0.1) is 0 Å². The number of carbonyl (C=O) groups is 3. The maximum atomic E-state index is 11.8. The highest BCUT2D eigenvalue weighted by Gasteiger charge is 2.40. The molecule has 0 saturated carbocycles. The molecule has 1 aromatic rings. The summed E-state index contributed by atoms with van der Waals surface area (Å²) in [5, 5.41) is 8.97. The van der Waals surface area contributed by atoms with Crippen molar-refractivity contribution < 1.29 is 19.5 Å². The average Bonchev–Trinajstić information content (AvgIpc) is 2.61. The molecule has 0 saturated heterocycles. The number of nitrogens with zero attached hydrogens (tertiary/aromatic N) is 1. The van der Waals surface area contributed by atoms with E-state index in [1.54, 1.807) is 18.2 Å². The summed E-state index contributed by atoms with van der Waals surface area (Å²) in [6, 6.07) is 4.04. The van der Waals surface area contributed by atoms with Gasteiger partial charge in [-0.1, -0.05) is 13.0 Å². The molecule has 5 heteroatoms. The van der Waals surface area contributed by atoms with Crippen LogP contribution in [0.25, 0.3) is 0 Å². The van der Waals surface area contributed by atoms with E-state index in [-0.39, 0.29) is 0 Å². The predicted molar refractivity (Wildman–Crippen MR) is 64.7 cm³/mol. The smallest absolute Gasteiger partial charge is 0.326 e. The van der Waals surface area contributed by atoms with Gasteiger partial charge in [-0.3, -0.25) is 14.5 Å². The molecule has 1 aliphatic heterocycles. The molecular formula is C13H13NO4. The standard InChI is InChI=1S/C13H13NO4/c1-3-8-4-5-10-9(6-8)11(15)12(16)14(10)7(2)13(17)18/h4-7H,3H2,1-2H3,(H,17,18). The van der Waals surface area contributed by atoms with Crippen LogP contribution in [-0.2, 0) is 16.0 Å². The number of Topliss-reactive ketones (excluding diaryl/α,β-unsaturated/α-hetero) is 1. The Morgan fingerprint density at radius 3 is 2.61 bits per heavy atom. The van der Waals surface area contributed by atoms with E-state index in [9.17, 15) is 14.4 Å². The van der Waals surface area contributed by atoms with Gasteiger partial charge in [-0.05, 0) is 31.0 Å². The van der Waals surface area contributed by atoms with E-state index in [2.05, 4.69) is 0 Å². The van der Waals surface area contributed by atoms with Crippen LogP contribution in [-0.4, -0.2) is 28.8 Å². The molecule has 1 aliphatic rings. The van der Waals surface area contributed by atoms with Gasteiger partial charge in [-0.2, -0.15) is 0 Å². The van der Waals surface area contributed by atoms with Crippen molar-refractivity contribution in [2.45, 2.75) is 26.3 Å². The van der Waals surface area contributed by atoms with Crippen LogP contribution >= 0.6 is 0 Å². The Bertz CT molecular complexity index is 550. The second-order valence-electron chi connectivity index (χ2n) is 4.22. The fraction of sp³-hybridized carbons (Fsp3) is 0.308. The van der Waals surface area contributed by atoms with Gasteiger partial charge in [0.25, 0.3) is 11.7 Å². The lowest BCUT2D eigenvalue weighted by atomic mass is 10.1. The summed E-state index contributed by atoms with van der Waals surface area (Å²) >= 11 is 0. The monoisotopic (exact) mass is 247 g/mol. The maximum Gasteiger partial charge on any atom is 0.326 e. The van der Waals surface area contributed by atoms with Crippen molar-refractivity contribution in [3.63, 3.8) is 0 Å². The number of hydrogen-bond acceptors (Lipinski definition) is 3. The Balaban J connectivity index is 2.53. The summed E-state index contributed by atoms with van der Waals surface area (Å²) in [5.74, 6) is -2.54. The van der Waals surface area contributed by atoms with Crippen LogP contribution < -0.4 is 4.90 Å². The number of carboxylic acid groups (broad SMARTS) is 1. The predicted octanol–water partition coefficient (Wildman–Crippen LogP) is 1.25. The minimum Gasteiger partial charge on any atom is -0.480 e. The molecule has 0 aliphatic carbocycles. The molecule has 1 atom stereocenters. The van der Waals surface area contributed by atoms with Gasteiger partial charge in [0.2, 0.25) is 0 Å². The number of ketones is 1. The number of hydrogen-bond donors (Lipinski definition) is 1. The van der Waals surface area contributed by atoms with E-state index in [0.29, 0.717) is 11.3 Å². The van der Waals surface area contributed by atoms with Crippen LogP contribution in [0.15, 0.2) is 18.2 Å². The van der Waals surface area contributed by atoms with Crippen molar-refractivity contribution in [2.75, 3.05) is 4.90 Å². The molecule has 1 unspecified atom stereocenters. The van der Waals surface area contributed by atoms with Gasteiger partial charge in [0, 0.05) is 0 Å². The summed E-state index contributed by atoms with van der Waals surface area (Å²) in [6.45, 7) is 3.33. The molecule has 18 heavy (non-hydrogen) atoms. The van der Waals surface area contributed by atoms with Crippen molar-refractivity contribution in [3.05, 3.63) is 29.3 Å². The number of benzene rings is 1. The minimum atomic E-state index is -1.14. The molecule has 2 rings (SSSR count). The van der Waals surface area contributed by atoms with Crippen molar-refractivity contribution in [1.82, 2.24) is 0 Å². The molecular weight excluding hydrogens is 234 g/mol. The first-order valence-electron chi connectivity index (χ1n) is 5.71. The number of aryl methyl sites for hydroxylation is 1. The fourth-order valence-corrected chi connectivity index (χ4v) is 2.02. The third-order valence-corrected chi connectivity index (χ3v) is 3.13. The van der Waals surface area contributed by atoms with Gasteiger partial charge in [0.15, 0.2) is 0 Å². The largest absolute Gasteiger partial charge is 0.480 e. The van der Waals surface area contributed by atoms with E-state index in [4.69, 9.17) is 5.11 Å². The molecule has 0 radical (unpaired) electrons. The number of amides is 1. The zero-order valence-corrected chi connectivity index (χ0v) is 10.1. The van der Waals surface area contributed by atoms with E-state index < -0.39 is 23.7 Å². The molecule has 0 bridgehead atoms. The Labute approximate surface area is 104 Å². The fourth-order valence-electron chi connectivity index (χ4n) is 2.02. The number of fused-ring (bicyclic) bond motifs is 1. The van der Waals surface area contributed by atoms with Crippen LogP contribution in [0.4, 0.5) is 5.69 Å². The SMILES string of the molecule is CCc1ccc2c(c1)C(=O)C(=O)N2C(C)C(=O)O. The molecule has 1 aromatic carbocycles. The van der Waals surface area contributed by atoms with Crippen LogP contribution in [0.3, 0.4) is 0 Å². The molecule has 94 valence electrons. The quantitative estimate of drug-likeness (QED) is 0.816. The first-order chi connectivity index (χ1) is 8.47. The molecule has 1 amide bonds. The second kappa shape index (κ2) is 4.25. The van der Waals surface area contributed by atoms with Crippen LogP contribution in [0.1, 0.15) is 29.8 Å². The Morgan fingerprint density at radius 2 is 2.06 bits per heavy atom. The minimum absolute atomic E-state index is 0.299. The first-order valence-corrected chi connectivity index (χ1v) is 5.71. The van der Waals surface area contributed by atoms with Crippen LogP contribution in [0.5, 0.6) is 0 Å². The summed E-state index contributed by atoms with van der Waals surface area (Å²) in [6.07, 6.45) is 0.753. The van der Waals surface area contributed by atoms with Gasteiger partial charge in [-0.25, -0.2) is 4.79 Å². The number of anilines is 1. The summed E-state index contributed by atoms with van der Waals surface area (Å²) < 4.78 is 0.